The molecular formula is C28H26F2N2O6. The van der Waals surface area contributed by atoms with Crippen LogP contribution in [-0.4, -0.2) is 35.9 Å². The number of nitrogens with one attached hydrogen (secondary N) is 1. The Morgan fingerprint density at radius 2 is 1.66 bits per heavy atom. The van der Waals surface area contributed by atoms with Crippen LogP contribution in [-0.2, 0) is 14.9 Å². The summed E-state index contributed by atoms with van der Waals surface area (Å²) in [6, 6.07) is 14.4. The first-order valence-electron chi connectivity index (χ1n) is 12.0. The van der Waals surface area contributed by atoms with E-state index in [1.807, 2.05) is 0 Å². The number of amides is 1. The van der Waals surface area contributed by atoms with Crippen LogP contribution in [0.15, 0.2) is 54.6 Å². The van der Waals surface area contributed by atoms with Gasteiger partial charge in [0.1, 0.15) is 22.9 Å². The molecule has 3 aromatic rings. The third kappa shape index (κ3) is 4.98. The Morgan fingerprint density at radius 1 is 0.974 bits per heavy atom. The van der Waals surface area contributed by atoms with E-state index < -0.39 is 23.3 Å². The standard InChI is InChI=1S/C28H26F2N2O6/c1-26(2,3)38-24(33)17-7-5-16(6-8-17)23-20(35-4)11-12-22(31-23)32-25(34)27(13-14-27)18-9-10-19-21(15-18)37-28(29,30)36-19/h5-12,15H,13-14H2,1-4H3,(H,31,32,34). The summed E-state index contributed by atoms with van der Waals surface area (Å²) >= 11 is 0. The fourth-order valence-corrected chi connectivity index (χ4v) is 4.24. The lowest BCUT2D eigenvalue weighted by Crippen LogP contribution is -2.28. The van der Waals surface area contributed by atoms with Crippen molar-refractivity contribution >= 4 is 17.7 Å². The fourth-order valence-electron chi connectivity index (χ4n) is 4.24. The molecule has 0 radical (unpaired) electrons. The number of fused-ring (bicyclic) bond motifs is 1. The first-order valence-corrected chi connectivity index (χ1v) is 12.0. The minimum Gasteiger partial charge on any atom is -0.494 e. The van der Waals surface area contributed by atoms with E-state index in [4.69, 9.17) is 9.47 Å². The minimum atomic E-state index is -3.73. The molecule has 2 heterocycles. The van der Waals surface area contributed by atoms with Gasteiger partial charge in [-0.05, 0) is 75.6 Å². The van der Waals surface area contributed by atoms with Gasteiger partial charge in [-0.3, -0.25) is 4.79 Å². The van der Waals surface area contributed by atoms with Crippen LogP contribution in [0.3, 0.4) is 0 Å². The number of halogens is 2. The third-order valence-corrected chi connectivity index (χ3v) is 6.25. The highest BCUT2D eigenvalue weighted by Crippen LogP contribution is 2.52. The predicted octanol–water partition coefficient (Wildman–Crippen LogP) is 5.70. The summed E-state index contributed by atoms with van der Waals surface area (Å²) in [4.78, 5) is 30.2. The molecule has 198 valence electrons. The lowest BCUT2D eigenvalue weighted by atomic mass is 9.94. The SMILES string of the molecule is COc1ccc(NC(=O)C2(c3ccc4c(c3)OC(F)(F)O4)CC2)nc1-c1ccc(C(=O)OC(C)(C)C)cc1. The van der Waals surface area contributed by atoms with Crippen LogP contribution in [0.2, 0.25) is 0 Å². The summed E-state index contributed by atoms with van der Waals surface area (Å²) in [6.45, 7) is 5.39. The highest BCUT2D eigenvalue weighted by Gasteiger charge is 2.53. The summed E-state index contributed by atoms with van der Waals surface area (Å²) in [6.07, 6.45) is -2.64. The summed E-state index contributed by atoms with van der Waals surface area (Å²) in [7, 11) is 1.51. The second-order valence-electron chi connectivity index (χ2n) is 10.2. The zero-order valence-electron chi connectivity index (χ0n) is 21.3. The molecule has 0 bridgehead atoms. The summed E-state index contributed by atoms with van der Waals surface area (Å²) in [5, 5.41) is 2.84. The molecule has 0 spiro atoms. The Morgan fingerprint density at radius 3 is 2.29 bits per heavy atom. The lowest BCUT2D eigenvalue weighted by molar-refractivity contribution is -0.286. The first kappa shape index (κ1) is 25.4. The number of methoxy groups -OCH3 is 1. The molecular weight excluding hydrogens is 498 g/mol. The quantitative estimate of drug-likeness (QED) is 0.413. The minimum absolute atomic E-state index is 0.0749. The Labute approximate surface area is 217 Å². The maximum Gasteiger partial charge on any atom is 0.586 e. The number of rotatable bonds is 6. The number of carbonyl (C=O) groups is 2. The van der Waals surface area contributed by atoms with Crippen molar-refractivity contribution in [2.24, 2.45) is 0 Å². The molecule has 1 aliphatic heterocycles. The van der Waals surface area contributed by atoms with Gasteiger partial charge in [0.2, 0.25) is 5.91 Å². The summed E-state index contributed by atoms with van der Waals surface area (Å²) in [5.41, 5.74) is 0.593. The molecule has 1 aliphatic carbocycles. The molecule has 1 aromatic heterocycles. The van der Waals surface area contributed by atoms with Crippen molar-refractivity contribution in [3.05, 3.63) is 65.7 Å². The van der Waals surface area contributed by atoms with Gasteiger partial charge in [-0.2, -0.15) is 0 Å². The number of esters is 1. The topological polar surface area (TPSA) is 96.0 Å². The van der Waals surface area contributed by atoms with Crippen molar-refractivity contribution in [3.8, 4) is 28.5 Å². The second-order valence-corrected chi connectivity index (χ2v) is 10.2. The van der Waals surface area contributed by atoms with E-state index in [1.54, 1.807) is 63.2 Å². The number of pyridine rings is 1. The highest BCUT2D eigenvalue weighted by atomic mass is 19.3. The predicted molar refractivity (Wildman–Crippen MR) is 134 cm³/mol. The van der Waals surface area contributed by atoms with E-state index in [-0.39, 0.29) is 17.4 Å². The molecule has 0 saturated heterocycles. The second kappa shape index (κ2) is 8.97. The van der Waals surface area contributed by atoms with E-state index in [0.29, 0.717) is 46.8 Å². The van der Waals surface area contributed by atoms with Gasteiger partial charge in [-0.25, -0.2) is 9.78 Å². The van der Waals surface area contributed by atoms with E-state index >= 15 is 0 Å². The molecule has 2 aliphatic rings. The molecule has 10 heteroatoms. The number of hydrogen-bond acceptors (Lipinski definition) is 7. The van der Waals surface area contributed by atoms with Gasteiger partial charge in [0.25, 0.3) is 0 Å². The molecule has 1 fully saturated rings. The largest absolute Gasteiger partial charge is 0.586 e. The molecule has 0 atom stereocenters. The van der Waals surface area contributed by atoms with Crippen LogP contribution in [0.25, 0.3) is 11.3 Å². The van der Waals surface area contributed by atoms with Crippen molar-refractivity contribution in [2.75, 3.05) is 12.4 Å². The number of anilines is 1. The number of benzene rings is 2. The monoisotopic (exact) mass is 524 g/mol. The zero-order chi connectivity index (χ0) is 27.3. The molecule has 1 saturated carbocycles. The zero-order valence-corrected chi connectivity index (χ0v) is 21.3. The molecule has 0 unspecified atom stereocenters. The van der Waals surface area contributed by atoms with Crippen LogP contribution in [0.5, 0.6) is 17.2 Å². The fraction of sp³-hybridized carbons (Fsp3) is 0.321. The third-order valence-electron chi connectivity index (χ3n) is 6.25. The number of alkyl halides is 2. The smallest absolute Gasteiger partial charge is 0.494 e. The van der Waals surface area contributed by atoms with E-state index in [1.165, 1.54) is 19.2 Å². The van der Waals surface area contributed by atoms with Gasteiger partial charge in [0.05, 0.1) is 18.1 Å². The van der Waals surface area contributed by atoms with Crippen LogP contribution >= 0.6 is 0 Å². The summed E-state index contributed by atoms with van der Waals surface area (Å²) in [5.74, 6) is -0.161. The number of aromatic nitrogens is 1. The lowest BCUT2D eigenvalue weighted by Gasteiger charge is -2.19. The van der Waals surface area contributed by atoms with Crippen LogP contribution in [0.4, 0.5) is 14.6 Å². The van der Waals surface area contributed by atoms with Crippen molar-refractivity contribution in [2.45, 2.75) is 50.9 Å². The van der Waals surface area contributed by atoms with Gasteiger partial charge < -0.3 is 24.3 Å². The molecule has 38 heavy (non-hydrogen) atoms. The number of carbonyl (C=O) groups excluding carboxylic acids is 2. The molecule has 8 nitrogen and oxygen atoms in total. The van der Waals surface area contributed by atoms with Gasteiger partial charge in [-0.1, -0.05) is 18.2 Å². The van der Waals surface area contributed by atoms with Crippen molar-refractivity contribution in [3.63, 3.8) is 0 Å². The van der Waals surface area contributed by atoms with E-state index in [9.17, 15) is 18.4 Å². The Hall–Kier alpha value is -4.21. The van der Waals surface area contributed by atoms with Crippen molar-refractivity contribution in [1.82, 2.24) is 4.98 Å². The molecule has 1 amide bonds. The van der Waals surface area contributed by atoms with Crippen LogP contribution in [0.1, 0.15) is 49.5 Å². The molecule has 5 rings (SSSR count). The van der Waals surface area contributed by atoms with Crippen LogP contribution < -0.4 is 19.5 Å². The maximum atomic E-state index is 13.4. The van der Waals surface area contributed by atoms with E-state index in [2.05, 4.69) is 19.8 Å². The van der Waals surface area contributed by atoms with Gasteiger partial charge in [0, 0.05) is 5.56 Å². The first-order chi connectivity index (χ1) is 17.9. The van der Waals surface area contributed by atoms with E-state index in [0.717, 1.165) is 0 Å². The normalized spacial score (nSPS) is 16.5. The average Bonchev–Trinajstić information content (AvgIpc) is 3.60. The van der Waals surface area contributed by atoms with Crippen molar-refractivity contribution < 1.29 is 37.3 Å². The molecule has 1 N–H and O–H groups in total. The Kier molecular flexibility index (Phi) is 6.00. The Bertz CT molecular complexity index is 1410. The van der Waals surface area contributed by atoms with Gasteiger partial charge in [0.15, 0.2) is 11.5 Å². The van der Waals surface area contributed by atoms with Crippen LogP contribution in [0, 0.1) is 0 Å². The van der Waals surface area contributed by atoms with Crippen molar-refractivity contribution in [1.29, 1.82) is 0 Å². The summed E-state index contributed by atoms with van der Waals surface area (Å²) < 4.78 is 46.7. The number of hydrogen-bond donors (Lipinski definition) is 1. The average molecular weight is 525 g/mol. The maximum absolute atomic E-state index is 13.4. The number of ether oxygens (including phenoxy) is 4. The Balaban J connectivity index is 1.36. The number of nitrogens with zero attached hydrogens (tertiary/aromatic N) is 1. The van der Waals surface area contributed by atoms with Gasteiger partial charge >= 0.3 is 12.3 Å². The van der Waals surface area contributed by atoms with Gasteiger partial charge in [-0.15, -0.1) is 8.78 Å². The highest BCUT2D eigenvalue weighted by molar-refractivity contribution is 6.01. The molecule has 2 aromatic carbocycles.